The Bertz CT molecular complexity index is 864. The van der Waals surface area contributed by atoms with E-state index in [1.54, 1.807) is 11.3 Å². The summed E-state index contributed by atoms with van der Waals surface area (Å²) in [6.07, 6.45) is 0.838. The van der Waals surface area contributed by atoms with Crippen molar-refractivity contribution in [1.82, 2.24) is 14.5 Å². The molecule has 6 heteroatoms. The van der Waals surface area contributed by atoms with Crippen molar-refractivity contribution in [3.63, 3.8) is 0 Å². The van der Waals surface area contributed by atoms with Crippen LogP contribution in [0.25, 0.3) is 10.2 Å². The molecule has 1 aliphatic rings. The summed E-state index contributed by atoms with van der Waals surface area (Å²) < 4.78 is 2.68. The topological polar surface area (TPSA) is 38.1 Å². The Labute approximate surface area is 136 Å². The Morgan fingerprint density at radius 3 is 3.00 bits per heavy atom. The van der Waals surface area contributed by atoms with E-state index in [1.807, 2.05) is 16.9 Å². The normalized spacial score (nSPS) is 15.9. The monoisotopic (exact) mass is 331 g/mol. The van der Waals surface area contributed by atoms with E-state index in [1.165, 1.54) is 16.9 Å². The van der Waals surface area contributed by atoms with Gasteiger partial charge in [-0.2, -0.15) is 11.3 Å². The second-order valence-electron chi connectivity index (χ2n) is 5.74. The maximum Gasteiger partial charge on any atom is 0.271 e. The number of aromatic nitrogens is 2. The van der Waals surface area contributed by atoms with Gasteiger partial charge in [0.05, 0.1) is 5.52 Å². The lowest BCUT2D eigenvalue weighted by Gasteiger charge is -2.18. The van der Waals surface area contributed by atoms with Gasteiger partial charge in [0.25, 0.3) is 5.56 Å². The van der Waals surface area contributed by atoms with Crippen LogP contribution in [0.3, 0.4) is 0 Å². The summed E-state index contributed by atoms with van der Waals surface area (Å²) in [7, 11) is 0. The molecule has 0 aromatic carbocycles. The van der Waals surface area contributed by atoms with E-state index in [4.69, 9.17) is 4.98 Å². The van der Waals surface area contributed by atoms with Crippen LogP contribution in [-0.4, -0.2) is 27.5 Å². The first kappa shape index (κ1) is 14.1. The molecule has 4 rings (SSSR count). The molecule has 3 aromatic heterocycles. The molecule has 0 amide bonds. The van der Waals surface area contributed by atoms with Crippen LogP contribution in [0.2, 0.25) is 0 Å². The zero-order valence-electron chi connectivity index (χ0n) is 12.4. The molecule has 0 atom stereocenters. The minimum atomic E-state index is 0.135. The fourth-order valence-electron chi connectivity index (χ4n) is 2.99. The van der Waals surface area contributed by atoms with Crippen LogP contribution in [0.15, 0.2) is 27.0 Å². The van der Waals surface area contributed by atoms with Gasteiger partial charge in [-0.1, -0.05) is 0 Å². The fraction of sp³-hybridized carbons (Fsp3) is 0.375. The number of rotatable bonds is 2. The molecule has 0 N–H and O–H groups in total. The number of aryl methyl sites for hydroxylation is 1. The standard InChI is InChI=1S/C16H17N3OS2/c1-11-9-22-15-14(11)17-13-2-4-18(5-6-19(13)16(15)20)8-12-3-7-21-10-12/h3,7,9-10H,2,4-6,8H2,1H3. The summed E-state index contributed by atoms with van der Waals surface area (Å²) in [6, 6.07) is 2.17. The van der Waals surface area contributed by atoms with Crippen LogP contribution >= 0.6 is 22.7 Å². The molecule has 0 spiro atoms. The number of thiophene rings is 2. The van der Waals surface area contributed by atoms with Crippen molar-refractivity contribution in [3.8, 4) is 0 Å². The van der Waals surface area contributed by atoms with Crippen LogP contribution in [0.4, 0.5) is 0 Å². The van der Waals surface area contributed by atoms with Gasteiger partial charge in [-0.05, 0) is 40.3 Å². The molecular weight excluding hydrogens is 314 g/mol. The Morgan fingerprint density at radius 2 is 2.18 bits per heavy atom. The molecule has 114 valence electrons. The summed E-state index contributed by atoms with van der Waals surface area (Å²) >= 11 is 3.25. The highest BCUT2D eigenvalue weighted by atomic mass is 32.1. The molecule has 4 nitrogen and oxygen atoms in total. The van der Waals surface area contributed by atoms with E-state index in [0.29, 0.717) is 0 Å². The highest BCUT2D eigenvalue weighted by Crippen LogP contribution is 2.21. The van der Waals surface area contributed by atoms with Crippen LogP contribution in [-0.2, 0) is 19.5 Å². The quantitative estimate of drug-likeness (QED) is 0.725. The highest BCUT2D eigenvalue weighted by molar-refractivity contribution is 7.17. The highest BCUT2D eigenvalue weighted by Gasteiger charge is 2.19. The van der Waals surface area contributed by atoms with E-state index in [0.717, 1.165) is 54.2 Å². The van der Waals surface area contributed by atoms with Gasteiger partial charge in [-0.15, -0.1) is 11.3 Å². The average Bonchev–Trinajstić information content (AvgIpc) is 3.09. The average molecular weight is 331 g/mol. The number of hydrogen-bond donors (Lipinski definition) is 0. The third-order valence-electron chi connectivity index (χ3n) is 4.21. The Morgan fingerprint density at radius 1 is 1.27 bits per heavy atom. The van der Waals surface area contributed by atoms with Gasteiger partial charge >= 0.3 is 0 Å². The van der Waals surface area contributed by atoms with Crippen molar-refractivity contribution >= 4 is 32.9 Å². The van der Waals surface area contributed by atoms with Crippen molar-refractivity contribution in [2.45, 2.75) is 26.4 Å². The van der Waals surface area contributed by atoms with E-state index in [-0.39, 0.29) is 5.56 Å². The minimum Gasteiger partial charge on any atom is -0.297 e. The van der Waals surface area contributed by atoms with Gasteiger partial charge in [0.1, 0.15) is 10.5 Å². The summed E-state index contributed by atoms with van der Waals surface area (Å²) in [5, 5.41) is 6.34. The Kier molecular flexibility index (Phi) is 3.60. The van der Waals surface area contributed by atoms with E-state index in [9.17, 15) is 4.79 Å². The number of fused-ring (bicyclic) bond motifs is 2. The zero-order valence-corrected chi connectivity index (χ0v) is 14.0. The third-order valence-corrected chi connectivity index (χ3v) is 6.02. The first-order valence-corrected chi connectivity index (χ1v) is 9.25. The number of hydrogen-bond acceptors (Lipinski definition) is 5. The molecule has 0 saturated carbocycles. The molecule has 3 aromatic rings. The first-order chi connectivity index (χ1) is 10.7. The predicted molar refractivity (Wildman–Crippen MR) is 91.9 cm³/mol. The van der Waals surface area contributed by atoms with Crippen LogP contribution < -0.4 is 5.56 Å². The minimum absolute atomic E-state index is 0.135. The molecule has 1 aliphatic heterocycles. The van der Waals surface area contributed by atoms with Gasteiger partial charge in [0.2, 0.25) is 0 Å². The summed E-state index contributed by atoms with van der Waals surface area (Å²) in [4.78, 5) is 19.9. The molecular formula is C16H17N3OS2. The zero-order chi connectivity index (χ0) is 15.1. The first-order valence-electron chi connectivity index (χ1n) is 7.43. The maximum absolute atomic E-state index is 12.7. The lowest BCUT2D eigenvalue weighted by molar-refractivity contribution is 0.271. The maximum atomic E-state index is 12.7. The van der Waals surface area contributed by atoms with E-state index >= 15 is 0 Å². The van der Waals surface area contributed by atoms with Crippen molar-refractivity contribution in [2.75, 3.05) is 13.1 Å². The van der Waals surface area contributed by atoms with Crippen molar-refractivity contribution in [2.24, 2.45) is 0 Å². The molecule has 0 fully saturated rings. The van der Waals surface area contributed by atoms with Gasteiger partial charge in [-0.25, -0.2) is 4.98 Å². The van der Waals surface area contributed by atoms with Crippen molar-refractivity contribution in [3.05, 3.63) is 49.5 Å². The SMILES string of the molecule is Cc1csc2c(=O)n3c(nc12)CCN(Cc1ccsc1)CC3. The van der Waals surface area contributed by atoms with E-state index in [2.05, 4.69) is 21.7 Å². The fourth-order valence-corrected chi connectivity index (χ4v) is 4.58. The van der Waals surface area contributed by atoms with Crippen LogP contribution in [0.1, 0.15) is 17.0 Å². The summed E-state index contributed by atoms with van der Waals surface area (Å²) in [5.74, 6) is 0.937. The van der Waals surface area contributed by atoms with Crippen molar-refractivity contribution in [1.29, 1.82) is 0 Å². The molecule has 0 radical (unpaired) electrons. The van der Waals surface area contributed by atoms with Gasteiger partial charge in [0, 0.05) is 32.6 Å². The predicted octanol–water partition coefficient (Wildman–Crippen LogP) is 2.89. The number of nitrogens with zero attached hydrogens (tertiary/aromatic N) is 3. The molecule has 4 heterocycles. The van der Waals surface area contributed by atoms with Gasteiger partial charge in [0.15, 0.2) is 0 Å². The summed E-state index contributed by atoms with van der Waals surface area (Å²) in [5.41, 5.74) is 3.50. The second kappa shape index (κ2) is 5.61. The molecule has 0 bridgehead atoms. The van der Waals surface area contributed by atoms with Gasteiger partial charge < -0.3 is 0 Å². The molecule has 22 heavy (non-hydrogen) atoms. The largest absolute Gasteiger partial charge is 0.297 e. The lowest BCUT2D eigenvalue weighted by atomic mass is 10.3. The lowest BCUT2D eigenvalue weighted by Crippen LogP contribution is -2.28. The summed E-state index contributed by atoms with van der Waals surface area (Å²) in [6.45, 7) is 5.58. The van der Waals surface area contributed by atoms with Crippen LogP contribution in [0, 0.1) is 6.92 Å². The second-order valence-corrected chi connectivity index (χ2v) is 7.40. The molecule has 0 unspecified atom stereocenters. The third kappa shape index (κ3) is 2.41. The Hall–Kier alpha value is -1.50. The van der Waals surface area contributed by atoms with Gasteiger partial charge in [-0.3, -0.25) is 14.3 Å². The Balaban J connectivity index is 1.65. The van der Waals surface area contributed by atoms with Crippen LogP contribution in [0.5, 0.6) is 0 Å². The smallest absolute Gasteiger partial charge is 0.271 e. The van der Waals surface area contributed by atoms with Crippen molar-refractivity contribution < 1.29 is 0 Å². The molecule has 0 saturated heterocycles. The van der Waals surface area contributed by atoms with E-state index < -0.39 is 0 Å². The molecule has 0 aliphatic carbocycles.